The molecule has 0 aromatic heterocycles. The quantitative estimate of drug-likeness (QED) is 0.244. The Kier molecular flexibility index (Phi) is 18.4. The molecule has 144 valence electrons. The van der Waals surface area contributed by atoms with Gasteiger partial charge in [-0.25, -0.2) is 0 Å². The van der Waals surface area contributed by atoms with Crippen molar-refractivity contribution in [1.82, 2.24) is 0 Å². The zero-order valence-electron chi connectivity index (χ0n) is 16.7. The summed E-state index contributed by atoms with van der Waals surface area (Å²) in [7, 11) is 0. The molecule has 2 heteroatoms. The number of carboxylic acid groups (broad SMARTS) is 1. The summed E-state index contributed by atoms with van der Waals surface area (Å²) in [6.07, 6.45) is 23.1. The van der Waals surface area contributed by atoms with Crippen LogP contribution in [0, 0.1) is 5.92 Å². The third-order valence-electron chi connectivity index (χ3n) is 5.15. The van der Waals surface area contributed by atoms with Gasteiger partial charge in [0.1, 0.15) is 0 Å². The van der Waals surface area contributed by atoms with Crippen molar-refractivity contribution < 1.29 is 9.90 Å². The Morgan fingerprint density at radius 1 is 0.625 bits per heavy atom. The molecule has 0 aliphatic rings. The third kappa shape index (κ3) is 17.8. The van der Waals surface area contributed by atoms with E-state index in [-0.39, 0.29) is 0 Å². The number of aliphatic carboxylic acids is 1. The highest BCUT2D eigenvalue weighted by atomic mass is 16.4. The molecule has 0 bridgehead atoms. The Labute approximate surface area is 151 Å². The summed E-state index contributed by atoms with van der Waals surface area (Å²) in [6, 6.07) is 0. The van der Waals surface area contributed by atoms with Gasteiger partial charge in [-0.05, 0) is 12.3 Å². The van der Waals surface area contributed by atoms with Crippen LogP contribution < -0.4 is 0 Å². The zero-order chi connectivity index (χ0) is 17.9. The lowest BCUT2D eigenvalue weighted by Crippen LogP contribution is -1.99. The van der Waals surface area contributed by atoms with E-state index in [1.54, 1.807) is 0 Å². The number of hydrogen-bond acceptors (Lipinski definition) is 1. The Bertz CT molecular complexity index is 257. The molecule has 0 amide bonds. The molecule has 2 nitrogen and oxygen atoms in total. The fourth-order valence-electron chi connectivity index (χ4n) is 3.73. The van der Waals surface area contributed by atoms with Crippen LogP contribution in [0.15, 0.2) is 0 Å². The van der Waals surface area contributed by atoms with Gasteiger partial charge >= 0.3 is 5.97 Å². The summed E-state index contributed by atoms with van der Waals surface area (Å²) < 4.78 is 0. The van der Waals surface area contributed by atoms with Crippen LogP contribution in [-0.2, 0) is 4.79 Å². The maximum Gasteiger partial charge on any atom is 0.303 e. The van der Waals surface area contributed by atoms with Crippen LogP contribution in [0.3, 0.4) is 0 Å². The third-order valence-corrected chi connectivity index (χ3v) is 5.15. The van der Waals surface area contributed by atoms with E-state index in [2.05, 4.69) is 13.8 Å². The van der Waals surface area contributed by atoms with Crippen LogP contribution in [0.1, 0.15) is 129 Å². The van der Waals surface area contributed by atoms with Gasteiger partial charge in [-0.1, -0.05) is 117 Å². The Hall–Kier alpha value is -0.530. The predicted molar refractivity (Wildman–Crippen MR) is 106 cm³/mol. The molecule has 1 N–H and O–H groups in total. The van der Waals surface area contributed by atoms with Crippen molar-refractivity contribution in [2.24, 2.45) is 5.92 Å². The topological polar surface area (TPSA) is 37.3 Å². The summed E-state index contributed by atoms with van der Waals surface area (Å²) in [6.45, 7) is 4.64. The maximum atomic E-state index is 10.4. The van der Waals surface area contributed by atoms with Gasteiger partial charge in [0.2, 0.25) is 0 Å². The summed E-state index contributed by atoms with van der Waals surface area (Å²) in [5.41, 5.74) is 0. The van der Waals surface area contributed by atoms with Crippen molar-refractivity contribution in [3.05, 3.63) is 0 Å². The molecule has 0 aliphatic carbocycles. The average Bonchev–Trinajstić information content (AvgIpc) is 2.55. The van der Waals surface area contributed by atoms with Gasteiger partial charge in [0.05, 0.1) is 0 Å². The van der Waals surface area contributed by atoms with Gasteiger partial charge < -0.3 is 5.11 Å². The molecule has 0 unspecified atom stereocenters. The van der Waals surface area contributed by atoms with Gasteiger partial charge in [-0.2, -0.15) is 0 Å². The smallest absolute Gasteiger partial charge is 0.303 e. The fraction of sp³-hybridized carbons (Fsp3) is 0.955. The Balaban J connectivity index is 3.18. The first-order valence-electron chi connectivity index (χ1n) is 10.9. The molecule has 0 aromatic rings. The fourth-order valence-corrected chi connectivity index (χ4v) is 3.73. The molecule has 0 fully saturated rings. The predicted octanol–water partition coefficient (Wildman–Crippen LogP) is 7.75. The summed E-state index contributed by atoms with van der Waals surface area (Å²) in [5.74, 6) is 0.344. The van der Waals surface area contributed by atoms with Crippen molar-refractivity contribution in [3.8, 4) is 0 Å². The molecule has 24 heavy (non-hydrogen) atoms. The van der Waals surface area contributed by atoms with Crippen LogP contribution in [-0.4, -0.2) is 11.1 Å². The molecular weight excluding hydrogens is 296 g/mol. The Morgan fingerprint density at radius 2 is 1.00 bits per heavy atom. The monoisotopic (exact) mass is 340 g/mol. The van der Waals surface area contributed by atoms with E-state index in [9.17, 15) is 4.79 Å². The molecule has 0 aromatic carbocycles. The highest BCUT2D eigenvalue weighted by Gasteiger charge is 2.05. The summed E-state index contributed by atoms with van der Waals surface area (Å²) >= 11 is 0. The minimum absolute atomic E-state index is 0.345. The first kappa shape index (κ1) is 23.5. The second kappa shape index (κ2) is 18.8. The molecule has 0 radical (unpaired) electrons. The number of carbonyl (C=O) groups is 1. The largest absolute Gasteiger partial charge is 0.481 e. The van der Waals surface area contributed by atoms with Gasteiger partial charge in [0.15, 0.2) is 0 Å². The Morgan fingerprint density at radius 3 is 1.38 bits per heavy atom. The standard InChI is InChI=1S/C22H44O2/c1-3-17-21(18-4-2)19-15-13-11-9-7-5-6-8-10-12-14-16-20-22(23)24/h21H,3-20H2,1-2H3,(H,23,24). The van der Waals surface area contributed by atoms with E-state index in [1.807, 2.05) is 0 Å². The highest BCUT2D eigenvalue weighted by Crippen LogP contribution is 2.21. The van der Waals surface area contributed by atoms with Gasteiger partial charge in [-0.3, -0.25) is 4.79 Å². The lowest BCUT2D eigenvalue weighted by molar-refractivity contribution is -0.137. The summed E-state index contributed by atoms with van der Waals surface area (Å²) in [5, 5.41) is 8.57. The van der Waals surface area contributed by atoms with E-state index in [0.717, 1.165) is 18.8 Å². The number of carboxylic acids is 1. The zero-order valence-corrected chi connectivity index (χ0v) is 16.7. The molecule has 0 spiro atoms. The van der Waals surface area contributed by atoms with Gasteiger partial charge in [-0.15, -0.1) is 0 Å². The number of rotatable bonds is 19. The normalized spacial score (nSPS) is 11.3. The lowest BCUT2D eigenvalue weighted by Gasteiger charge is -2.14. The van der Waals surface area contributed by atoms with Crippen molar-refractivity contribution >= 4 is 5.97 Å². The second-order valence-corrected chi connectivity index (χ2v) is 7.62. The highest BCUT2D eigenvalue weighted by molar-refractivity contribution is 5.66. The first-order chi connectivity index (χ1) is 11.7. The van der Waals surface area contributed by atoms with Crippen molar-refractivity contribution in [3.63, 3.8) is 0 Å². The first-order valence-corrected chi connectivity index (χ1v) is 10.9. The van der Waals surface area contributed by atoms with Crippen LogP contribution >= 0.6 is 0 Å². The molecule has 0 aliphatic heterocycles. The lowest BCUT2D eigenvalue weighted by atomic mass is 9.92. The molecular formula is C22H44O2. The van der Waals surface area contributed by atoms with Gasteiger partial charge in [0, 0.05) is 6.42 Å². The average molecular weight is 341 g/mol. The minimum atomic E-state index is -0.652. The van der Waals surface area contributed by atoms with Crippen molar-refractivity contribution in [2.45, 2.75) is 129 Å². The molecule has 0 rings (SSSR count). The van der Waals surface area contributed by atoms with E-state index >= 15 is 0 Å². The second-order valence-electron chi connectivity index (χ2n) is 7.62. The van der Waals surface area contributed by atoms with Crippen LogP contribution in [0.5, 0.6) is 0 Å². The van der Waals surface area contributed by atoms with E-state index < -0.39 is 5.97 Å². The van der Waals surface area contributed by atoms with Gasteiger partial charge in [0.25, 0.3) is 0 Å². The molecule has 0 saturated carbocycles. The van der Waals surface area contributed by atoms with E-state index in [4.69, 9.17) is 5.11 Å². The van der Waals surface area contributed by atoms with Crippen molar-refractivity contribution in [1.29, 1.82) is 0 Å². The van der Waals surface area contributed by atoms with Crippen LogP contribution in [0.2, 0.25) is 0 Å². The SMILES string of the molecule is CCCC(CCC)CCCCCCCCCCCCCCC(=O)O. The van der Waals surface area contributed by atoms with Crippen LogP contribution in [0.25, 0.3) is 0 Å². The molecule has 0 atom stereocenters. The van der Waals surface area contributed by atoms with E-state index in [1.165, 1.54) is 96.3 Å². The molecule has 0 heterocycles. The van der Waals surface area contributed by atoms with Crippen LogP contribution in [0.4, 0.5) is 0 Å². The molecule has 0 saturated heterocycles. The maximum absolute atomic E-state index is 10.4. The van der Waals surface area contributed by atoms with E-state index in [0.29, 0.717) is 6.42 Å². The number of unbranched alkanes of at least 4 members (excludes halogenated alkanes) is 11. The minimum Gasteiger partial charge on any atom is -0.481 e. The number of hydrogen-bond donors (Lipinski definition) is 1. The summed E-state index contributed by atoms with van der Waals surface area (Å²) in [4.78, 5) is 10.4. The van der Waals surface area contributed by atoms with Crippen molar-refractivity contribution in [2.75, 3.05) is 0 Å².